The highest BCUT2D eigenvalue weighted by molar-refractivity contribution is 5.67. The molecule has 1 aliphatic heterocycles. The molecule has 1 aliphatic rings. The van der Waals surface area contributed by atoms with Gasteiger partial charge in [0.15, 0.2) is 11.5 Å². The average Bonchev–Trinajstić information content (AvgIpc) is 3.24. The van der Waals surface area contributed by atoms with Gasteiger partial charge in [-0.05, 0) is 56.1 Å². The lowest BCUT2D eigenvalue weighted by atomic mass is 9.90. The summed E-state index contributed by atoms with van der Waals surface area (Å²) >= 11 is 0. The second kappa shape index (κ2) is 9.47. The molecule has 2 heterocycles. The van der Waals surface area contributed by atoms with E-state index in [0.717, 1.165) is 55.2 Å². The van der Waals surface area contributed by atoms with Crippen LogP contribution in [-0.2, 0) is 6.54 Å². The second-order valence-electron chi connectivity index (χ2n) is 7.79. The normalized spacial score (nSPS) is 17.0. The predicted molar refractivity (Wildman–Crippen MR) is 115 cm³/mol. The first-order valence-corrected chi connectivity index (χ1v) is 10.6. The molecule has 3 aromatic rings. The van der Waals surface area contributed by atoms with Gasteiger partial charge < -0.3 is 9.47 Å². The van der Waals surface area contributed by atoms with Gasteiger partial charge in [0.1, 0.15) is 11.6 Å². The van der Waals surface area contributed by atoms with Gasteiger partial charge in [-0.1, -0.05) is 12.1 Å². The molecule has 0 radical (unpaired) electrons. The lowest BCUT2D eigenvalue weighted by molar-refractivity contribution is 0.198. The Morgan fingerprint density at radius 3 is 2.71 bits per heavy atom. The number of ether oxygens (including phenoxy) is 2. The van der Waals surface area contributed by atoms with Crippen molar-refractivity contribution >= 4 is 0 Å². The number of piperidine rings is 1. The molecule has 1 aromatic heterocycles. The van der Waals surface area contributed by atoms with E-state index in [1.165, 1.54) is 24.4 Å². The number of halogens is 2. The van der Waals surface area contributed by atoms with Crippen LogP contribution in [0.4, 0.5) is 8.78 Å². The summed E-state index contributed by atoms with van der Waals surface area (Å²) in [6, 6.07) is 9.92. The van der Waals surface area contributed by atoms with E-state index in [1.54, 1.807) is 7.11 Å². The topological polar surface area (TPSA) is 50.4 Å². The van der Waals surface area contributed by atoms with Crippen LogP contribution >= 0.6 is 0 Å². The van der Waals surface area contributed by atoms with Crippen LogP contribution in [-0.4, -0.2) is 41.9 Å². The van der Waals surface area contributed by atoms with E-state index in [9.17, 15) is 8.78 Å². The fraction of sp³-hybridized carbons (Fsp3) is 0.375. The zero-order valence-corrected chi connectivity index (χ0v) is 17.8. The van der Waals surface area contributed by atoms with Crippen LogP contribution in [0.5, 0.6) is 11.5 Å². The van der Waals surface area contributed by atoms with Crippen LogP contribution in [0, 0.1) is 11.6 Å². The molecule has 0 spiro atoms. The maximum atomic E-state index is 14.4. The molecule has 0 aliphatic carbocycles. The molecule has 0 amide bonds. The summed E-state index contributed by atoms with van der Waals surface area (Å²) in [5.41, 5.74) is 2.42. The molecule has 1 atom stereocenters. The van der Waals surface area contributed by atoms with E-state index in [2.05, 4.69) is 15.1 Å². The molecule has 31 heavy (non-hydrogen) atoms. The average molecular weight is 427 g/mol. The fourth-order valence-electron chi connectivity index (χ4n) is 4.34. The highest BCUT2D eigenvalue weighted by Crippen LogP contribution is 2.36. The first kappa shape index (κ1) is 21.3. The summed E-state index contributed by atoms with van der Waals surface area (Å²) in [6.45, 7) is 5.02. The van der Waals surface area contributed by atoms with Crippen LogP contribution < -0.4 is 9.47 Å². The number of H-pyrrole nitrogens is 1. The molecule has 1 N–H and O–H groups in total. The molecule has 0 bridgehead atoms. The van der Waals surface area contributed by atoms with Crippen LogP contribution in [0.2, 0.25) is 0 Å². The van der Waals surface area contributed by atoms with Crippen molar-refractivity contribution in [2.24, 2.45) is 0 Å². The molecular formula is C24H27F2N3O2. The number of hydrogen-bond donors (Lipinski definition) is 1. The fourth-order valence-corrected chi connectivity index (χ4v) is 4.34. The van der Waals surface area contributed by atoms with E-state index in [-0.39, 0.29) is 11.5 Å². The number of likely N-dealkylation sites (tertiary alicyclic amines) is 1. The van der Waals surface area contributed by atoms with Gasteiger partial charge in [0.05, 0.1) is 25.5 Å². The monoisotopic (exact) mass is 427 g/mol. The first-order chi connectivity index (χ1) is 15.1. The molecule has 1 saturated heterocycles. The van der Waals surface area contributed by atoms with Crippen LogP contribution in [0.25, 0.3) is 11.1 Å². The van der Waals surface area contributed by atoms with E-state index in [4.69, 9.17) is 9.47 Å². The largest absolute Gasteiger partial charge is 0.493 e. The summed E-state index contributed by atoms with van der Waals surface area (Å²) in [7, 11) is 1.63. The van der Waals surface area contributed by atoms with Gasteiger partial charge >= 0.3 is 0 Å². The van der Waals surface area contributed by atoms with Gasteiger partial charge in [-0.2, -0.15) is 5.10 Å². The maximum absolute atomic E-state index is 14.4. The van der Waals surface area contributed by atoms with Gasteiger partial charge in [0.25, 0.3) is 0 Å². The van der Waals surface area contributed by atoms with Gasteiger partial charge in [0, 0.05) is 30.3 Å². The maximum Gasteiger partial charge on any atom is 0.161 e. The molecule has 7 heteroatoms. The van der Waals surface area contributed by atoms with Gasteiger partial charge in [-0.25, -0.2) is 8.78 Å². The lowest BCUT2D eigenvalue weighted by Crippen LogP contribution is -2.34. The molecule has 4 rings (SSSR count). The molecule has 5 nitrogen and oxygen atoms in total. The number of nitrogens with one attached hydrogen (secondary N) is 1. The smallest absolute Gasteiger partial charge is 0.161 e. The third-order valence-electron chi connectivity index (χ3n) is 5.75. The van der Waals surface area contributed by atoms with Crippen molar-refractivity contribution in [1.29, 1.82) is 0 Å². The number of aromatic amines is 1. The van der Waals surface area contributed by atoms with Gasteiger partial charge in [-0.3, -0.25) is 10.00 Å². The van der Waals surface area contributed by atoms with Crippen LogP contribution in [0.3, 0.4) is 0 Å². The van der Waals surface area contributed by atoms with Crippen molar-refractivity contribution in [2.45, 2.75) is 32.2 Å². The number of rotatable bonds is 7. The molecule has 164 valence electrons. The number of methoxy groups -OCH3 is 1. The number of aromatic nitrogens is 2. The highest BCUT2D eigenvalue weighted by atomic mass is 19.1. The molecule has 2 aromatic carbocycles. The second-order valence-corrected chi connectivity index (χ2v) is 7.79. The van der Waals surface area contributed by atoms with Crippen molar-refractivity contribution < 1.29 is 18.3 Å². The quantitative estimate of drug-likeness (QED) is 0.567. The van der Waals surface area contributed by atoms with E-state index < -0.39 is 11.6 Å². The van der Waals surface area contributed by atoms with E-state index in [0.29, 0.717) is 12.2 Å². The zero-order chi connectivity index (χ0) is 21.8. The minimum atomic E-state index is -0.572. The Morgan fingerprint density at radius 1 is 1.16 bits per heavy atom. The Kier molecular flexibility index (Phi) is 6.51. The molecule has 0 unspecified atom stereocenters. The van der Waals surface area contributed by atoms with E-state index in [1.807, 2.05) is 25.1 Å². The summed E-state index contributed by atoms with van der Waals surface area (Å²) in [4.78, 5) is 2.36. The standard InChI is InChI=1S/C24H27F2N3O2/c1-3-31-22-12-16(9-10-21(22)30-2)14-29-11-5-6-17(15-29)24-18(13-27-28-24)23-19(25)7-4-8-20(23)26/h4,7-10,12-13,17H,3,5-6,11,14-15H2,1-2H3,(H,27,28)/t17-/m0/s1. The van der Waals surface area contributed by atoms with Crippen molar-refractivity contribution in [2.75, 3.05) is 26.8 Å². The molecule has 0 saturated carbocycles. The van der Waals surface area contributed by atoms with Gasteiger partial charge in [0.2, 0.25) is 0 Å². The molecular weight excluding hydrogens is 400 g/mol. The van der Waals surface area contributed by atoms with E-state index >= 15 is 0 Å². The lowest BCUT2D eigenvalue weighted by Gasteiger charge is -2.33. The predicted octanol–water partition coefficient (Wildman–Crippen LogP) is 5.14. The van der Waals surface area contributed by atoms with Crippen molar-refractivity contribution in [3.05, 3.63) is 65.5 Å². The Bertz CT molecular complexity index is 1020. The summed E-state index contributed by atoms with van der Waals surface area (Å²) in [5, 5.41) is 7.12. The Hall–Kier alpha value is -2.93. The summed E-state index contributed by atoms with van der Waals surface area (Å²) in [5.74, 6) is 0.432. The Balaban J connectivity index is 1.53. The molecule has 1 fully saturated rings. The number of benzene rings is 2. The SMILES string of the molecule is CCOc1cc(CN2CCC[C@H](c3[nH]ncc3-c3c(F)cccc3F)C2)ccc1OC. The minimum Gasteiger partial charge on any atom is -0.493 e. The minimum absolute atomic E-state index is 0.0140. The van der Waals surface area contributed by atoms with Crippen LogP contribution in [0.15, 0.2) is 42.6 Å². The van der Waals surface area contributed by atoms with Crippen molar-refractivity contribution in [1.82, 2.24) is 15.1 Å². The third-order valence-corrected chi connectivity index (χ3v) is 5.75. The Morgan fingerprint density at radius 2 is 1.97 bits per heavy atom. The summed E-state index contributed by atoms with van der Waals surface area (Å²) in [6.07, 6.45) is 3.46. The Labute approximate surface area is 181 Å². The van der Waals surface area contributed by atoms with Crippen molar-refractivity contribution in [3.63, 3.8) is 0 Å². The van der Waals surface area contributed by atoms with Crippen molar-refractivity contribution in [3.8, 4) is 22.6 Å². The zero-order valence-electron chi connectivity index (χ0n) is 17.8. The third kappa shape index (κ3) is 4.56. The number of hydrogen-bond acceptors (Lipinski definition) is 4. The number of nitrogens with zero attached hydrogens (tertiary/aromatic N) is 2. The van der Waals surface area contributed by atoms with Crippen LogP contribution in [0.1, 0.15) is 36.9 Å². The highest BCUT2D eigenvalue weighted by Gasteiger charge is 2.27. The first-order valence-electron chi connectivity index (χ1n) is 10.6. The summed E-state index contributed by atoms with van der Waals surface area (Å²) < 4.78 is 39.8. The van der Waals surface area contributed by atoms with Gasteiger partial charge in [-0.15, -0.1) is 0 Å².